The van der Waals surface area contributed by atoms with Crippen molar-refractivity contribution in [2.45, 2.75) is 32.3 Å². The fraction of sp³-hybridized carbons (Fsp3) is 0.300. The van der Waals surface area contributed by atoms with Crippen molar-refractivity contribution in [3.8, 4) is 0 Å². The monoisotopic (exact) mass is 404 g/mol. The van der Waals surface area contributed by atoms with Gasteiger partial charge in [0.2, 0.25) is 0 Å². The molecule has 148 valence electrons. The van der Waals surface area contributed by atoms with Crippen molar-refractivity contribution in [3.05, 3.63) is 74.8 Å². The second-order valence-corrected chi connectivity index (χ2v) is 6.66. The predicted molar refractivity (Wildman–Crippen MR) is 105 cm³/mol. The van der Waals surface area contributed by atoms with E-state index < -0.39 is 28.6 Å². The van der Waals surface area contributed by atoms with Crippen LogP contribution in [0.15, 0.2) is 48.5 Å². The van der Waals surface area contributed by atoms with Crippen LogP contribution < -0.4 is 5.32 Å². The maximum Gasteiger partial charge on any atom is 0.345 e. The van der Waals surface area contributed by atoms with E-state index in [9.17, 15) is 19.7 Å². The first-order valence-corrected chi connectivity index (χ1v) is 9.18. The molecule has 2 rings (SSSR count). The Morgan fingerprint density at radius 3 is 2.50 bits per heavy atom. The Morgan fingerprint density at radius 1 is 1.21 bits per heavy atom. The number of ether oxygens (including phenoxy) is 1. The summed E-state index contributed by atoms with van der Waals surface area (Å²) in [5.41, 5.74) is 0.370. The van der Waals surface area contributed by atoms with Crippen LogP contribution >= 0.6 is 11.6 Å². The standard InChI is InChI=1S/C20H21ClN2O5/c1-3-14(15-7-5-4-6-8-15)12-22-19(24)13(2)28-20(25)17-11-16(21)9-10-18(17)23(26)27/h4-11,13-14H,3,12H2,1-2H3,(H,22,24)/t13-,14+/m1/s1. The molecule has 0 bridgehead atoms. The molecule has 0 saturated heterocycles. The van der Waals surface area contributed by atoms with Crippen LogP contribution in [0.5, 0.6) is 0 Å². The summed E-state index contributed by atoms with van der Waals surface area (Å²) < 4.78 is 5.10. The number of carbonyl (C=O) groups excluding carboxylic acids is 2. The number of nitro benzene ring substituents is 1. The molecular formula is C20H21ClN2O5. The van der Waals surface area contributed by atoms with Crippen LogP contribution in [0.2, 0.25) is 5.02 Å². The van der Waals surface area contributed by atoms with Crippen LogP contribution in [0.1, 0.15) is 42.1 Å². The van der Waals surface area contributed by atoms with Crippen molar-refractivity contribution in [2.75, 3.05) is 6.54 Å². The zero-order chi connectivity index (χ0) is 20.7. The molecule has 2 aromatic carbocycles. The molecular weight excluding hydrogens is 384 g/mol. The van der Waals surface area contributed by atoms with Crippen LogP contribution in [-0.4, -0.2) is 29.4 Å². The van der Waals surface area contributed by atoms with Crippen molar-refractivity contribution < 1.29 is 19.2 Å². The Balaban J connectivity index is 1.99. The van der Waals surface area contributed by atoms with E-state index in [0.29, 0.717) is 6.54 Å². The lowest BCUT2D eigenvalue weighted by Gasteiger charge is -2.18. The number of rotatable bonds is 8. The summed E-state index contributed by atoms with van der Waals surface area (Å²) in [4.78, 5) is 35.0. The Hall–Kier alpha value is -2.93. The van der Waals surface area contributed by atoms with Gasteiger partial charge in [-0.3, -0.25) is 14.9 Å². The molecule has 1 N–H and O–H groups in total. The van der Waals surface area contributed by atoms with Gasteiger partial charge in [-0.25, -0.2) is 4.79 Å². The average Bonchev–Trinajstić information content (AvgIpc) is 2.68. The van der Waals surface area contributed by atoms with Gasteiger partial charge in [0.15, 0.2) is 6.10 Å². The Kier molecular flexibility index (Phi) is 7.52. The molecule has 2 atom stereocenters. The third-order valence-electron chi connectivity index (χ3n) is 4.31. The molecule has 0 radical (unpaired) electrons. The zero-order valence-electron chi connectivity index (χ0n) is 15.6. The van der Waals surface area contributed by atoms with Gasteiger partial charge in [0.05, 0.1) is 4.92 Å². The van der Waals surface area contributed by atoms with Crippen LogP contribution in [0, 0.1) is 10.1 Å². The van der Waals surface area contributed by atoms with Crippen molar-refractivity contribution in [2.24, 2.45) is 0 Å². The number of nitrogens with zero attached hydrogens (tertiary/aromatic N) is 1. The lowest BCUT2D eigenvalue weighted by Crippen LogP contribution is -2.38. The second kappa shape index (κ2) is 9.85. The third-order valence-corrected chi connectivity index (χ3v) is 4.55. The molecule has 0 aliphatic carbocycles. The molecule has 0 fully saturated rings. The van der Waals surface area contributed by atoms with Crippen LogP contribution in [0.4, 0.5) is 5.69 Å². The summed E-state index contributed by atoms with van der Waals surface area (Å²) in [7, 11) is 0. The molecule has 0 aliphatic rings. The minimum absolute atomic E-state index is 0.127. The number of benzene rings is 2. The number of hydrogen-bond donors (Lipinski definition) is 1. The third kappa shape index (κ3) is 5.53. The van der Waals surface area contributed by atoms with Gasteiger partial charge in [0.25, 0.3) is 11.6 Å². The normalized spacial score (nSPS) is 12.7. The average molecular weight is 405 g/mol. The van der Waals surface area contributed by atoms with E-state index in [0.717, 1.165) is 24.1 Å². The van der Waals surface area contributed by atoms with Crippen molar-refractivity contribution in [1.82, 2.24) is 5.32 Å². The van der Waals surface area contributed by atoms with Gasteiger partial charge in [0, 0.05) is 23.6 Å². The van der Waals surface area contributed by atoms with E-state index in [1.54, 1.807) is 0 Å². The molecule has 28 heavy (non-hydrogen) atoms. The number of carbonyl (C=O) groups is 2. The van der Waals surface area contributed by atoms with E-state index in [-0.39, 0.29) is 16.5 Å². The zero-order valence-corrected chi connectivity index (χ0v) is 16.3. The number of esters is 1. The molecule has 0 heterocycles. The summed E-state index contributed by atoms with van der Waals surface area (Å²) in [5, 5.41) is 14.0. The molecule has 1 amide bonds. The minimum atomic E-state index is -1.11. The highest BCUT2D eigenvalue weighted by Gasteiger charge is 2.26. The number of amides is 1. The van der Waals surface area contributed by atoms with Gasteiger partial charge >= 0.3 is 5.97 Å². The van der Waals surface area contributed by atoms with Gasteiger partial charge in [-0.2, -0.15) is 0 Å². The van der Waals surface area contributed by atoms with Gasteiger partial charge in [0.1, 0.15) is 5.56 Å². The van der Waals surface area contributed by atoms with E-state index in [2.05, 4.69) is 5.32 Å². The summed E-state index contributed by atoms with van der Waals surface area (Å²) in [6.45, 7) is 3.82. The summed E-state index contributed by atoms with van der Waals surface area (Å²) in [6, 6.07) is 13.3. The van der Waals surface area contributed by atoms with Crippen molar-refractivity contribution >= 4 is 29.2 Å². The highest BCUT2D eigenvalue weighted by Crippen LogP contribution is 2.24. The minimum Gasteiger partial charge on any atom is -0.449 e. The summed E-state index contributed by atoms with van der Waals surface area (Å²) >= 11 is 5.81. The Morgan fingerprint density at radius 2 is 1.89 bits per heavy atom. The Bertz CT molecular complexity index is 857. The lowest BCUT2D eigenvalue weighted by atomic mass is 9.96. The van der Waals surface area contributed by atoms with Crippen molar-refractivity contribution in [1.29, 1.82) is 0 Å². The first-order valence-electron chi connectivity index (χ1n) is 8.81. The molecule has 0 unspecified atom stereocenters. The van der Waals surface area contributed by atoms with Crippen LogP contribution in [0.25, 0.3) is 0 Å². The predicted octanol–water partition coefficient (Wildman–Crippen LogP) is 4.10. The van der Waals surface area contributed by atoms with Gasteiger partial charge < -0.3 is 10.1 Å². The quantitative estimate of drug-likeness (QED) is 0.405. The fourth-order valence-electron chi connectivity index (χ4n) is 2.70. The molecule has 2 aromatic rings. The van der Waals surface area contributed by atoms with Crippen LogP contribution in [-0.2, 0) is 9.53 Å². The van der Waals surface area contributed by atoms with Gasteiger partial charge in [-0.15, -0.1) is 0 Å². The number of halogens is 1. The lowest BCUT2D eigenvalue weighted by molar-refractivity contribution is -0.385. The molecule has 0 aliphatic heterocycles. The number of nitro groups is 1. The Labute approximate surface area is 167 Å². The second-order valence-electron chi connectivity index (χ2n) is 6.23. The SMILES string of the molecule is CC[C@@H](CNC(=O)[C@@H](C)OC(=O)c1cc(Cl)ccc1[N+](=O)[O-])c1ccccc1. The summed E-state index contributed by atoms with van der Waals surface area (Å²) in [6.07, 6.45) is -0.285. The largest absolute Gasteiger partial charge is 0.449 e. The molecule has 0 saturated carbocycles. The highest BCUT2D eigenvalue weighted by molar-refractivity contribution is 6.31. The molecule has 0 spiro atoms. The highest BCUT2D eigenvalue weighted by atomic mass is 35.5. The number of hydrogen-bond acceptors (Lipinski definition) is 5. The first-order chi connectivity index (χ1) is 13.3. The van der Waals surface area contributed by atoms with Gasteiger partial charge in [-0.1, -0.05) is 48.9 Å². The maximum absolute atomic E-state index is 12.3. The van der Waals surface area contributed by atoms with E-state index in [4.69, 9.17) is 16.3 Å². The van der Waals surface area contributed by atoms with E-state index in [1.165, 1.54) is 13.0 Å². The van der Waals surface area contributed by atoms with Crippen molar-refractivity contribution in [3.63, 3.8) is 0 Å². The van der Waals surface area contributed by atoms with E-state index in [1.807, 2.05) is 37.3 Å². The molecule has 8 heteroatoms. The smallest absolute Gasteiger partial charge is 0.345 e. The molecule has 7 nitrogen and oxygen atoms in total. The fourth-order valence-corrected chi connectivity index (χ4v) is 2.87. The first kappa shape index (κ1) is 21.4. The van der Waals surface area contributed by atoms with Crippen LogP contribution in [0.3, 0.4) is 0 Å². The topological polar surface area (TPSA) is 98.5 Å². The molecule has 0 aromatic heterocycles. The maximum atomic E-state index is 12.3. The van der Waals surface area contributed by atoms with E-state index >= 15 is 0 Å². The summed E-state index contributed by atoms with van der Waals surface area (Å²) in [5.74, 6) is -1.33. The van der Waals surface area contributed by atoms with Gasteiger partial charge in [-0.05, 0) is 31.0 Å². The number of nitrogens with one attached hydrogen (secondary N) is 1.